The Morgan fingerprint density at radius 1 is 0.964 bits per heavy atom. The van der Waals surface area contributed by atoms with E-state index in [4.69, 9.17) is 28.6 Å². The van der Waals surface area contributed by atoms with Crippen LogP contribution in [0.25, 0.3) is 0 Å². The van der Waals surface area contributed by atoms with Crippen LogP contribution in [-0.4, -0.2) is 18.2 Å². The van der Waals surface area contributed by atoms with Crippen LogP contribution in [-0.2, 0) is 4.74 Å². The molecule has 0 aliphatic heterocycles. The second kappa shape index (κ2) is 9.35. The maximum Gasteiger partial charge on any atom is 0.337 e. The number of hydrogen-bond donors (Lipinski definition) is 2. The molecule has 6 heteroatoms. The minimum Gasteiger partial charge on any atom is -0.465 e. The molecule has 3 aromatic rings. The van der Waals surface area contributed by atoms with Crippen molar-refractivity contribution in [3.8, 4) is 0 Å². The number of carbonyl (C=O) groups is 1. The highest BCUT2D eigenvalue weighted by atomic mass is 35.5. The van der Waals surface area contributed by atoms with E-state index in [0.29, 0.717) is 21.4 Å². The second-order valence-corrected chi connectivity index (χ2v) is 6.85. The van der Waals surface area contributed by atoms with Crippen LogP contribution in [0, 0.1) is 0 Å². The SMILES string of the molecule is COC(=O)c1ccc(Cl)c(NC(=S)NC(c2ccccc2)c2ccccc2)c1. The van der Waals surface area contributed by atoms with Gasteiger partial charge in [-0.2, -0.15) is 0 Å². The molecule has 0 unspecified atom stereocenters. The van der Waals surface area contributed by atoms with Gasteiger partial charge in [-0.3, -0.25) is 0 Å². The normalized spacial score (nSPS) is 10.4. The highest BCUT2D eigenvalue weighted by Gasteiger charge is 2.16. The van der Waals surface area contributed by atoms with Crippen molar-refractivity contribution < 1.29 is 9.53 Å². The topological polar surface area (TPSA) is 50.4 Å². The zero-order valence-corrected chi connectivity index (χ0v) is 16.8. The molecule has 0 heterocycles. The van der Waals surface area contributed by atoms with Crippen LogP contribution >= 0.6 is 23.8 Å². The van der Waals surface area contributed by atoms with Gasteiger partial charge in [0.1, 0.15) is 0 Å². The third kappa shape index (κ3) is 4.88. The Labute approximate surface area is 174 Å². The minimum absolute atomic E-state index is 0.134. The molecular formula is C22H19ClN2O2S. The largest absolute Gasteiger partial charge is 0.465 e. The number of ether oxygens (including phenoxy) is 1. The number of carbonyl (C=O) groups excluding carboxylic acids is 1. The number of benzene rings is 3. The van der Waals surface area contributed by atoms with Crippen molar-refractivity contribution in [1.82, 2.24) is 5.32 Å². The summed E-state index contributed by atoms with van der Waals surface area (Å²) < 4.78 is 4.76. The Balaban J connectivity index is 1.83. The molecule has 0 fully saturated rings. The monoisotopic (exact) mass is 410 g/mol. The highest BCUT2D eigenvalue weighted by Crippen LogP contribution is 2.25. The first-order valence-electron chi connectivity index (χ1n) is 8.64. The lowest BCUT2D eigenvalue weighted by Gasteiger charge is -2.22. The molecule has 2 N–H and O–H groups in total. The third-order valence-electron chi connectivity index (χ3n) is 4.18. The summed E-state index contributed by atoms with van der Waals surface area (Å²) in [6.07, 6.45) is 0. The van der Waals surface area contributed by atoms with Crippen LogP contribution in [0.5, 0.6) is 0 Å². The Morgan fingerprint density at radius 3 is 2.07 bits per heavy atom. The van der Waals surface area contributed by atoms with E-state index in [1.165, 1.54) is 7.11 Å². The van der Waals surface area contributed by atoms with Gasteiger partial charge in [0.2, 0.25) is 0 Å². The second-order valence-electron chi connectivity index (χ2n) is 6.04. The van der Waals surface area contributed by atoms with Gasteiger partial charge in [-0.1, -0.05) is 72.3 Å². The van der Waals surface area contributed by atoms with Crippen LogP contribution in [0.4, 0.5) is 5.69 Å². The summed E-state index contributed by atoms with van der Waals surface area (Å²) in [4.78, 5) is 11.8. The predicted molar refractivity (Wildman–Crippen MR) is 117 cm³/mol. The van der Waals surface area contributed by atoms with E-state index < -0.39 is 5.97 Å². The Morgan fingerprint density at radius 2 is 1.54 bits per heavy atom. The van der Waals surface area contributed by atoms with Crippen molar-refractivity contribution in [3.05, 3.63) is 101 Å². The molecule has 0 aromatic heterocycles. The van der Waals surface area contributed by atoms with Gasteiger partial charge in [0, 0.05) is 0 Å². The van der Waals surface area contributed by atoms with Crippen molar-refractivity contribution in [1.29, 1.82) is 0 Å². The zero-order valence-electron chi connectivity index (χ0n) is 15.2. The number of thiocarbonyl (C=S) groups is 1. The molecule has 0 aliphatic carbocycles. The zero-order chi connectivity index (χ0) is 19.9. The first-order chi connectivity index (χ1) is 13.6. The maximum atomic E-state index is 11.8. The molecule has 0 amide bonds. The summed E-state index contributed by atoms with van der Waals surface area (Å²) in [6.45, 7) is 0. The van der Waals surface area contributed by atoms with Crippen molar-refractivity contribution >= 4 is 40.6 Å². The summed E-state index contributed by atoms with van der Waals surface area (Å²) in [5, 5.41) is 7.26. The lowest BCUT2D eigenvalue weighted by Crippen LogP contribution is -2.33. The van der Waals surface area contributed by atoms with Crippen LogP contribution in [0.1, 0.15) is 27.5 Å². The molecule has 28 heavy (non-hydrogen) atoms. The lowest BCUT2D eigenvalue weighted by atomic mass is 9.99. The van der Waals surface area contributed by atoms with Crippen LogP contribution < -0.4 is 10.6 Å². The average Bonchev–Trinajstić information content (AvgIpc) is 2.74. The number of hydrogen-bond acceptors (Lipinski definition) is 3. The molecule has 3 rings (SSSR count). The number of methoxy groups -OCH3 is 1. The number of anilines is 1. The van der Waals surface area contributed by atoms with Crippen LogP contribution in [0.15, 0.2) is 78.9 Å². The van der Waals surface area contributed by atoms with E-state index >= 15 is 0 Å². The van der Waals surface area contributed by atoms with Gasteiger partial charge in [0.25, 0.3) is 0 Å². The van der Waals surface area contributed by atoms with Gasteiger partial charge < -0.3 is 15.4 Å². The van der Waals surface area contributed by atoms with Gasteiger partial charge in [0.05, 0.1) is 29.4 Å². The molecule has 0 atom stereocenters. The van der Waals surface area contributed by atoms with Crippen molar-refractivity contribution in [2.75, 3.05) is 12.4 Å². The fourth-order valence-corrected chi connectivity index (χ4v) is 3.20. The van der Waals surface area contributed by atoms with E-state index in [9.17, 15) is 4.79 Å². The van der Waals surface area contributed by atoms with Crippen LogP contribution in [0.2, 0.25) is 5.02 Å². The Kier molecular flexibility index (Phi) is 6.63. The van der Waals surface area contributed by atoms with Gasteiger partial charge in [-0.05, 0) is 41.5 Å². The minimum atomic E-state index is -0.440. The quantitative estimate of drug-likeness (QED) is 0.447. The fraction of sp³-hybridized carbons (Fsp3) is 0.0909. The Bertz CT molecular complexity index is 925. The molecule has 0 saturated heterocycles. The molecule has 0 radical (unpaired) electrons. The van der Waals surface area contributed by atoms with E-state index in [2.05, 4.69) is 10.6 Å². The van der Waals surface area contributed by atoms with E-state index in [1.807, 2.05) is 60.7 Å². The fourth-order valence-electron chi connectivity index (χ4n) is 2.81. The van der Waals surface area contributed by atoms with Gasteiger partial charge >= 0.3 is 5.97 Å². The maximum absolute atomic E-state index is 11.8. The third-order valence-corrected chi connectivity index (χ3v) is 4.73. The van der Waals surface area contributed by atoms with Crippen molar-refractivity contribution in [2.24, 2.45) is 0 Å². The first-order valence-corrected chi connectivity index (χ1v) is 9.42. The standard InChI is InChI=1S/C22H19ClN2O2S/c1-27-21(26)17-12-13-18(23)19(14-17)24-22(28)25-20(15-8-4-2-5-9-15)16-10-6-3-7-11-16/h2-14,20H,1H3,(H2,24,25,28). The average molecular weight is 411 g/mol. The summed E-state index contributed by atoms with van der Waals surface area (Å²) in [7, 11) is 1.33. The summed E-state index contributed by atoms with van der Waals surface area (Å²) in [5.41, 5.74) is 3.07. The molecule has 142 valence electrons. The summed E-state index contributed by atoms with van der Waals surface area (Å²) in [6, 6.07) is 24.8. The van der Waals surface area contributed by atoms with Gasteiger partial charge in [-0.15, -0.1) is 0 Å². The van der Waals surface area contributed by atoms with E-state index in [1.54, 1.807) is 18.2 Å². The van der Waals surface area contributed by atoms with Gasteiger partial charge in [-0.25, -0.2) is 4.79 Å². The smallest absolute Gasteiger partial charge is 0.337 e. The first kappa shape index (κ1) is 19.9. The van der Waals surface area contributed by atoms with Crippen molar-refractivity contribution in [2.45, 2.75) is 6.04 Å². The Hall–Kier alpha value is -2.89. The summed E-state index contributed by atoms with van der Waals surface area (Å²) in [5.74, 6) is -0.440. The van der Waals surface area contributed by atoms with Crippen molar-refractivity contribution in [3.63, 3.8) is 0 Å². The number of esters is 1. The van der Waals surface area contributed by atoms with E-state index in [0.717, 1.165) is 11.1 Å². The lowest BCUT2D eigenvalue weighted by molar-refractivity contribution is 0.0601. The molecule has 0 spiro atoms. The molecule has 0 bridgehead atoms. The van der Waals surface area contributed by atoms with E-state index in [-0.39, 0.29) is 6.04 Å². The summed E-state index contributed by atoms with van der Waals surface area (Å²) >= 11 is 11.8. The molecule has 3 aromatic carbocycles. The van der Waals surface area contributed by atoms with Crippen LogP contribution in [0.3, 0.4) is 0 Å². The predicted octanol–water partition coefficient (Wildman–Crippen LogP) is 5.20. The van der Waals surface area contributed by atoms with Gasteiger partial charge in [0.15, 0.2) is 5.11 Å². The molecule has 0 saturated carbocycles. The number of nitrogens with one attached hydrogen (secondary N) is 2. The highest BCUT2D eigenvalue weighted by molar-refractivity contribution is 7.80. The number of halogens is 1. The number of rotatable bonds is 5. The molecular weight excluding hydrogens is 392 g/mol. The molecule has 0 aliphatic rings. The molecule has 4 nitrogen and oxygen atoms in total.